The number of carboxylic acid groups (broad SMARTS) is 2. The lowest BCUT2D eigenvalue weighted by Crippen LogP contribution is -2.00. The highest BCUT2D eigenvalue weighted by Crippen LogP contribution is 2.50. The van der Waals surface area contributed by atoms with Crippen LogP contribution in [0.15, 0.2) is 115 Å². The minimum Gasteiger partial charge on any atom is -0.493 e. The van der Waals surface area contributed by atoms with Gasteiger partial charge in [0.15, 0.2) is 0 Å². The minimum atomic E-state index is -0.935. The third kappa shape index (κ3) is 7.14. The van der Waals surface area contributed by atoms with Crippen molar-refractivity contribution >= 4 is 11.9 Å². The van der Waals surface area contributed by atoms with Gasteiger partial charge in [0.05, 0.1) is 6.61 Å². The van der Waals surface area contributed by atoms with E-state index in [9.17, 15) is 9.59 Å². The van der Waals surface area contributed by atoms with Crippen LogP contribution in [-0.4, -0.2) is 28.8 Å². The molecule has 5 rings (SSSR count). The maximum absolute atomic E-state index is 9.60. The number of ether oxygens (including phenoxy) is 1. The Hall–Kier alpha value is -4.90. The van der Waals surface area contributed by atoms with Gasteiger partial charge in [0.1, 0.15) is 5.75 Å². The van der Waals surface area contributed by atoms with E-state index in [1.807, 2.05) is 0 Å². The van der Waals surface area contributed by atoms with Crippen LogP contribution in [0.4, 0.5) is 0 Å². The molecule has 0 spiro atoms. The van der Waals surface area contributed by atoms with Gasteiger partial charge in [0.25, 0.3) is 0 Å². The molecule has 0 atom stereocenters. The van der Waals surface area contributed by atoms with E-state index in [1.165, 1.54) is 58.4 Å². The van der Waals surface area contributed by atoms with Gasteiger partial charge >= 0.3 is 11.9 Å². The zero-order valence-electron chi connectivity index (χ0n) is 23.1. The molecule has 0 heterocycles. The number of hydrogen-bond donors (Lipinski definition) is 2. The lowest BCUT2D eigenvalue weighted by Gasteiger charge is -2.20. The highest BCUT2D eigenvalue weighted by molar-refractivity contribution is 5.97. The summed E-state index contributed by atoms with van der Waals surface area (Å²) in [6.07, 6.45) is 0.960. The first-order valence-corrected chi connectivity index (χ1v) is 12.9. The SMILES string of the molecule is C=C(C)C(=O)O.C=C(C)C(=O)O.CCOc1cc2c(c(-c3ccccc3)c1-c1ccccc1)Cc1ccccc1-2. The standard InChI is InChI=1S/C27H22O.2C4H6O2/c1-2-28-25-18-23-22-16-10-9-15-21(22)17-24(23)26(19-11-5-3-6-12-19)27(25)20-13-7-4-8-14-20;2*1-3(2)4(5)6/h3-16,18H,2,17H2,1H3;2*1H2,2H3,(H,5,6). The second-order valence-corrected chi connectivity index (χ2v) is 9.32. The molecular weight excluding hydrogens is 500 g/mol. The molecule has 0 radical (unpaired) electrons. The molecular formula is C35H34O5. The summed E-state index contributed by atoms with van der Waals surface area (Å²) >= 11 is 0. The van der Waals surface area contributed by atoms with Crippen LogP contribution in [0.5, 0.6) is 5.75 Å². The van der Waals surface area contributed by atoms with Gasteiger partial charge < -0.3 is 14.9 Å². The summed E-state index contributed by atoms with van der Waals surface area (Å²) in [7, 11) is 0. The number of aliphatic carboxylic acids is 2. The second kappa shape index (κ2) is 13.8. The topological polar surface area (TPSA) is 83.8 Å². The van der Waals surface area contributed by atoms with E-state index < -0.39 is 11.9 Å². The van der Waals surface area contributed by atoms with Crippen LogP contribution in [0.3, 0.4) is 0 Å². The highest BCUT2D eigenvalue weighted by atomic mass is 16.5. The predicted molar refractivity (Wildman–Crippen MR) is 162 cm³/mol. The molecule has 4 aromatic rings. The van der Waals surface area contributed by atoms with E-state index in [0.29, 0.717) is 6.61 Å². The van der Waals surface area contributed by atoms with Gasteiger partial charge in [-0.25, -0.2) is 9.59 Å². The van der Waals surface area contributed by atoms with Crippen LogP contribution in [0.25, 0.3) is 33.4 Å². The maximum atomic E-state index is 9.60. The quantitative estimate of drug-likeness (QED) is 0.214. The Labute approximate surface area is 235 Å². The Balaban J connectivity index is 0.000000311. The lowest BCUT2D eigenvalue weighted by atomic mass is 9.87. The Kier molecular flexibility index (Phi) is 10.2. The number of rotatable bonds is 6. The number of fused-ring (bicyclic) bond motifs is 3. The summed E-state index contributed by atoms with van der Waals surface area (Å²) < 4.78 is 6.19. The van der Waals surface area contributed by atoms with E-state index in [4.69, 9.17) is 14.9 Å². The fourth-order valence-electron chi connectivity index (χ4n) is 4.33. The maximum Gasteiger partial charge on any atom is 0.330 e. The van der Waals surface area contributed by atoms with Gasteiger partial charge in [0.2, 0.25) is 0 Å². The van der Waals surface area contributed by atoms with Crippen LogP contribution in [-0.2, 0) is 16.0 Å². The van der Waals surface area contributed by atoms with E-state index in [-0.39, 0.29) is 11.1 Å². The van der Waals surface area contributed by atoms with E-state index in [1.54, 1.807) is 0 Å². The average molecular weight is 535 g/mol. The van der Waals surface area contributed by atoms with Crippen LogP contribution in [0, 0.1) is 0 Å². The molecule has 0 unspecified atom stereocenters. The van der Waals surface area contributed by atoms with Crippen molar-refractivity contribution in [3.8, 4) is 39.1 Å². The first-order chi connectivity index (χ1) is 19.1. The molecule has 204 valence electrons. The van der Waals surface area contributed by atoms with Crippen molar-refractivity contribution in [2.24, 2.45) is 0 Å². The van der Waals surface area contributed by atoms with Crippen molar-refractivity contribution in [1.29, 1.82) is 0 Å². The minimum absolute atomic E-state index is 0.176. The summed E-state index contributed by atoms with van der Waals surface area (Å²) in [5, 5.41) is 15.8. The average Bonchev–Trinajstić information content (AvgIpc) is 3.32. The molecule has 2 N–H and O–H groups in total. The molecule has 0 saturated heterocycles. The van der Waals surface area contributed by atoms with E-state index in [2.05, 4.69) is 111 Å². The zero-order valence-corrected chi connectivity index (χ0v) is 23.1. The number of hydrogen-bond acceptors (Lipinski definition) is 3. The molecule has 1 aliphatic rings. The molecule has 0 bridgehead atoms. The van der Waals surface area contributed by atoms with E-state index in [0.717, 1.165) is 12.2 Å². The Morgan fingerprint density at radius 3 is 1.65 bits per heavy atom. The zero-order chi connectivity index (χ0) is 29.2. The highest BCUT2D eigenvalue weighted by Gasteiger charge is 2.27. The van der Waals surface area contributed by atoms with Crippen LogP contribution in [0.2, 0.25) is 0 Å². The van der Waals surface area contributed by atoms with E-state index >= 15 is 0 Å². The van der Waals surface area contributed by atoms with Gasteiger partial charge in [0, 0.05) is 16.7 Å². The summed E-state index contributed by atoms with van der Waals surface area (Å²) in [4.78, 5) is 19.2. The largest absolute Gasteiger partial charge is 0.493 e. The van der Waals surface area contributed by atoms with Gasteiger partial charge in [-0.2, -0.15) is 0 Å². The number of carbonyl (C=O) groups is 2. The van der Waals surface area contributed by atoms with Crippen molar-refractivity contribution in [2.45, 2.75) is 27.2 Å². The molecule has 0 aliphatic heterocycles. The van der Waals surface area contributed by atoms with Crippen LogP contribution < -0.4 is 4.74 Å². The molecule has 1 aliphatic carbocycles. The van der Waals surface area contributed by atoms with Crippen molar-refractivity contribution in [3.63, 3.8) is 0 Å². The fraction of sp³-hybridized carbons (Fsp3) is 0.143. The molecule has 0 saturated carbocycles. The molecule has 5 nitrogen and oxygen atoms in total. The third-order valence-corrected chi connectivity index (χ3v) is 6.23. The first-order valence-electron chi connectivity index (χ1n) is 12.9. The number of carboxylic acids is 2. The summed E-state index contributed by atoms with van der Waals surface area (Å²) in [6, 6.07) is 32.3. The normalized spacial score (nSPS) is 10.5. The van der Waals surface area contributed by atoms with Crippen LogP contribution in [0.1, 0.15) is 31.9 Å². The van der Waals surface area contributed by atoms with Crippen molar-refractivity contribution < 1.29 is 24.5 Å². The molecule has 0 fully saturated rings. The smallest absolute Gasteiger partial charge is 0.330 e. The molecule has 40 heavy (non-hydrogen) atoms. The predicted octanol–water partition coefficient (Wildman–Crippen LogP) is 8.28. The molecule has 4 aromatic carbocycles. The van der Waals surface area contributed by atoms with Gasteiger partial charge in [-0.3, -0.25) is 0 Å². The van der Waals surface area contributed by atoms with Crippen molar-refractivity contribution in [3.05, 3.63) is 126 Å². The van der Waals surface area contributed by atoms with Crippen molar-refractivity contribution in [1.82, 2.24) is 0 Å². The molecule has 0 aromatic heterocycles. The lowest BCUT2D eigenvalue weighted by molar-refractivity contribution is -0.133. The monoisotopic (exact) mass is 534 g/mol. The Bertz CT molecular complexity index is 1470. The Morgan fingerprint density at radius 1 is 0.725 bits per heavy atom. The number of benzene rings is 4. The Morgan fingerprint density at radius 2 is 1.18 bits per heavy atom. The molecule has 0 amide bonds. The summed E-state index contributed by atoms with van der Waals surface area (Å²) in [6.45, 7) is 11.9. The summed E-state index contributed by atoms with van der Waals surface area (Å²) in [5.41, 5.74) is 10.7. The first kappa shape index (κ1) is 29.7. The fourth-order valence-corrected chi connectivity index (χ4v) is 4.33. The summed E-state index contributed by atoms with van der Waals surface area (Å²) in [5.74, 6) is -0.909. The van der Waals surface area contributed by atoms with Gasteiger partial charge in [-0.15, -0.1) is 0 Å². The third-order valence-electron chi connectivity index (χ3n) is 6.23. The van der Waals surface area contributed by atoms with Crippen molar-refractivity contribution in [2.75, 3.05) is 6.61 Å². The van der Waals surface area contributed by atoms with Gasteiger partial charge in [-0.1, -0.05) is 98.1 Å². The van der Waals surface area contributed by atoms with Gasteiger partial charge in [-0.05, 0) is 72.2 Å². The molecule has 5 heteroatoms. The van der Waals surface area contributed by atoms with Crippen LogP contribution >= 0.6 is 0 Å². The second-order valence-electron chi connectivity index (χ2n) is 9.32.